The van der Waals surface area contributed by atoms with Crippen LogP contribution in [0.25, 0.3) is 5.76 Å². The molecule has 1 N–H and O–H groups in total. The number of rotatable bonds is 10. The van der Waals surface area contributed by atoms with Crippen LogP contribution in [0.4, 0.5) is 0 Å². The molecule has 42 heavy (non-hydrogen) atoms. The highest BCUT2D eigenvalue weighted by Crippen LogP contribution is 2.41. The number of aliphatic hydroxyl groups excluding tert-OH is 1. The monoisotopic (exact) mass is 562 g/mol. The van der Waals surface area contributed by atoms with Crippen LogP contribution in [0, 0.1) is 6.92 Å². The van der Waals surface area contributed by atoms with Crippen molar-refractivity contribution >= 4 is 17.4 Å². The summed E-state index contributed by atoms with van der Waals surface area (Å²) >= 11 is 0. The van der Waals surface area contributed by atoms with Crippen molar-refractivity contribution in [3.63, 3.8) is 0 Å². The number of amides is 1. The smallest absolute Gasteiger partial charge is 0.295 e. The lowest BCUT2D eigenvalue weighted by Gasteiger charge is -2.27. The molecule has 0 saturated carbocycles. The van der Waals surface area contributed by atoms with Crippen molar-refractivity contribution in [2.45, 2.75) is 19.6 Å². The summed E-state index contributed by atoms with van der Waals surface area (Å²) in [6.45, 7) is 3.12. The van der Waals surface area contributed by atoms with E-state index in [1.807, 2.05) is 117 Å². The standard InChI is InChI=1S/C35H34N2O5/c1-24-21-28(41-23-25-11-6-4-7-12-25)17-18-30(24)33(38)31-32(37(20-19-36(2)3)35(40)34(31)39)26-13-10-16-29(22-26)42-27-14-8-5-9-15-27/h4-18,21-22,32,38H,19-20,23H2,1-3H3/t32-/m0/s1. The maximum absolute atomic E-state index is 13.5. The normalized spacial score (nSPS) is 16.2. The molecule has 0 aliphatic carbocycles. The largest absolute Gasteiger partial charge is 0.507 e. The minimum absolute atomic E-state index is 0.0525. The zero-order valence-electron chi connectivity index (χ0n) is 24.0. The number of nitrogens with zero attached hydrogens (tertiary/aromatic N) is 2. The molecule has 7 nitrogen and oxygen atoms in total. The van der Waals surface area contributed by atoms with Crippen molar-refractivity contribution in [3.8, 4) is 17.2 Å². The van der Waals surface area contributed by atoms with Crippen molar-refractivity contribution in [1.82, 2.24) is 9.80 Å². The minimum Gasteiger partial charge on any atom is -0.507 e. The number of benzene rings is 4. The van der Waals surface area contributed by atoms with Crippen LogP contribution in [0.1, 0.15) is 28.3 Å². The summed E-state index contributed by atoms with van der Waals surface area (Å²) in [5.41, 5.74) is 2.95. The summed E-state index contributed by atoms with van der Waals surface area (Å²) in [5.74, 6) is 0.302. The lowest BCUT2D eigenvalue weighted by atomic mass is 9.93. The summed E-state index contributed by atoms with van der Waals surface area (Å²) in [5, 5.41) is 11.6. The molecular formula is C35H34N2O5. The van der Waals surface area contributed by atoms with Gasteiger partial charge in [0.2, 0.25) is 0 Å². The Labute approximate surface area is 246 Å². The number of aryl methyl sites for hydroxylation is 1. The third-order valence-electron chi connectivity index (χ3n) is 7.18. The van der Waals surface area contributed by atoms with Crippen LogP contribution in [0.15, 0.2) is 109 Å². The minimum atomic E-state index is -0.780. The molecule has 1 aliphatic rings. The number of likely N-dealkylation sites (N-methyl/N-ethyl adjacent to an activating group) is 1. The zero-order chi connectivity index (χ0) is 29.6. The van der Waals surface area contributed by atoms with Crippen molar-refractivity contribution in [3.05, 3.63) is 131 Å². The molecule has 1 aliphatic heterocycles. The maximum atomic E-state index is 13.5. The van der Waals surface area contributed by atoms with Gasteiger partial charge in [-0.1, -0.05) is 60.7 Å². The molecule has 1 fully saturated rings. The third kappa shape index (κ3) is 6.37. The predicted octanol–water partition coefficient (Wildman–Crippen LogP) is 6.35. The van der Waals surface area contributed by atoms with Gasteiger partial charge in [0.1, 0.15) is 29.6 Å². The van der Waals surface area contributed by atoms with Crippen molar-refractivity contribution in [2.24, 2.45) is 0 Å². The average molecular weight is 563 g/mol. The van der Waals surface area contributed by atoms with Crippen LogP contribution in [0.5, 0.6) is 17.2 Å². The number of hydrogen-bond acceptors (Lipinski definition) is 6. The number of carbonyl (C=O) groups excluding carboxylic acids is 2. The van der Waals surface area contributed by atoms with Gasteiger partial charge in [-0.25, -0.2) is 0 Å². The van der Waals surface area contributed by atoms with Gasteiger partial charge in [0.15, 0.2) is 0 Å². The van der Waals surface area contributed by atoms with Gasteiger partial charge in [-0.3, -0.25) is 9.59 Å². The first-order chi connectivity index (χ1) is 20.3. The second-order valence-corrected chi connectivity index (χ2v) is 10.5. The fourth-order valence-corrected chi connectivity index (χ4v) is 5.02. The highest BCUT2D eigenvalue weighted by Gasteiger charge is 2.46. The second-order valence-electron chi connectivity index (χ2n) is 10.5. The van der Waals surface area contributed by atoms with E-state index in [0.29, 0.717) is 48.1 Å². The topological polar surface area (TPSA) is 79.3 Å². The van der Waals surface area contributed by atoms with E-state index in [9.17, 15) is 14.7 Å². The number of likely N-dealkylation sites (tertiary alicyclic amines) is 1. The lowest BCUT2D eigenvalue weighted by Crippen LogP contribution is -2.35. The second kappa shape index (κ2) is 12.7. The number of hydrogen-bond donors (Lipinski definition) is 1. The fourth-order valence-electron chi connectivity index (χ4n) is 5.02. The highest BCUT2D eigenvalue weighted by atomic mass is 16.5. The van der Waals surface area contributed by atoms with E-state index in [4.69, 9.17) is 9.47 Å². The molecule has 4 aromatic carbocycles. The molecule has 0 radical (unpaired) electrons. The number of Topliss-reactive ketones (excluding diaryl/α,β-unsaturated/α-hetero) is 1. The van der Waals surface area contributed by atoms with Gasteiger partial charge in [-0.05, 0) is 80.2 Å². The summed E-state index contributed by atoms with van der Waals surface area (Å²) < 4.78 is 12.0. The Kier molecular flexibility index (Phi) is 8.69. The lowest BCUT2D eigenvalue weighted by molar-refractivity contribution is -0.140. The van der Waals surface area contributed by atoms with Crippen LogP contribution in [0.3, 0.4) is 0 Å². The van der Waals surface area contributed by atoms with Gasteiger partial charge >= 0.3 is 0 Å². The van der Waals surface area contributed by atoms with E-state index in [2.05, 4.69) is 0 Å². The van der Waals surface area contributed by atoms with Gasteiger partial charge < -0.3 is 24.4 Å². The Balaban J connectivity index is 1.51. The molecule has 0 unspecified atom stereocenters. The molecule has 1 amide bonds. The van der Waals surface area contributed by atoms with Crippen molar-refractivity contribution < 1.29 is 24.2 Å². The van der Waals surface area contributed by atoms with E-state index < -0.39 is 17.7 Å². The first-order valence-electron chi connectivity index (χ1n) is 13.9. The van der Waals surface area contributed by atoms with Gasteiger partial charge in [0, 0.05) is 18.7 Å². The number of ketones is 1. The maximum Gasteiger partial charge on any atom is 0.295 e. The Hall–Kier alpha value is -4.88. The number of aliphatic hydroxyl groups is 1. The van der Waals surface area contributed by atoms with E-state index in [1.165, 1.54) is 4.90 Å². The van der Waals surface area contributed by atoms with Gasteiger partial charge in [-0.2, -0.15) is 0 Å². The molecule has 1 saturated heterocycles. The zero-order valence-corrected chi connectivity index (χ0v) is 24.0. The molecule has 0 spiro atoms. The Morgan fingerprint density at radius 3 is 2.21 bits per heavy atom. The quantitative estimate of drug-likeness (QED) is 0.138. The van der Waals surface area contributed by atoms with Gasteiger partial charge in [0.25, 0.3) is 11.7 Å². The third-order valence-corrected chi connectivity index (χ3v) is 7.18. The number of carbonyl (C=O) groups is 2. The average Bonchev–Trinajstić information content (AvgIpc) is 3.25. The van der Waals surface area contributed by atoms with E-state index in [1.54, 1.807) is 12.1 Å². The highest BCUT2D eigenvalue weighted by molar-refractivity contribution is 6.46. The molecule has 0 aromatic heterocycles. The van der Waals surface area contributed by atoms with Crippen LogP contribution < -0.4 is 9.47 Å². The number of ether oxygens (including phenoxy) is 2. The molecule has 1 atom stereocenters. The molecule has 0 bridgehead atoms. The van der Waals surface area contributed by atoms with Crippen LogP contribution in [-0.4, -0.2) is 53.8 Å². The molecular weight excluding hydrogens is 528 g/mol. The Bertz CT molecular complexity index is 1600. The molecule has 4 aromatic rings. The summed E-state index contributed by atoms with van der Waals surface area (Å²) in [7, 11) is 3.81. The van der Waals surface area contributed by atoms with E-state index in [0.717, 1.165) is 11.1 Å². The van der Waals surface area contributed by atoms with Gasteiger partial charge in [0.05, 0.1) is 11.6 Å². The predicted molar refractivity (Wildman–Crippen MR) is 162 cm³/mol. The first-order valence-corrected chi connectivity index (χ1v) is 13.9. The van der Waals surface area contributed by atoms with Crippen LogP contribution in [-0.2, 0) is 16.2 Å². The summed E-state index contributed by atoms with van der Waals surface area (Å²) in [6.07, 6.45) is 0. The van der Waals surface area contributed by atoms with E-state index >= 15 is 0 Å². The molecule has 7 heteroatoms. The summed E-state index contributed by atoms with van der Waals surface area (Å²) in [4.78, 5) is 30.3. The SMILES string of the molecule is Cc1cc(OCc2ccccc2)ccc1C(O)=C1C(=O)C(=O)N(CCN(C)C)[C@H]1c1cccc(Oc2ccccc2)c1. The summed E-state index contributed by atoms with van der Waals surface area (Å²) in [6, 6.07) is 31.1. The molecule has 1 heterocycles. The Morgan fingerprint density at radius 1 is 0.833 bits per heavy atom. The van der Waals surface area contributed by atoms with Crippen LogP contribution in [0.2, 0.25) is 0 Å². The number of para-hydroxylation sites is 1. The van der Waals surface area contributed by atoms with Crippen LogP contribution >= 0.6 is 0 Å². The molecule has 214 valence electrons. The fraction of sp³-hybridized carbons (Fsp3) is 0.200. The van der Waals surface area contributed by atoms with E-state index in [-0.39, 0.29) is 11.3 Å². The van der Waals surface area contributed by atoms with Crippen molar-refractivity contribution in [1.29, 1.82) is 0 Å². The first kappa shape index (κ1) is 28.6. The van der Waals surface area contributed by atoms with Gasteiger partial charge in [-0.15, -0.1) is 0 Å². The van der Waals surface area contributed by atoms with Crippen molar-refractivity contribution in [2.75, 3.05) is 27.2 Å². The molecule has 5 rings (SSSR count). The Morgan fingerprint density at radius 2 is 1.52 bits per heavy atom.